The standard InChI is InChI=1S/C19H17F2N3O/c1-12-2-4-13(5-3-12)19(25)24-9-8-22-17-6-7-23-18-15(17)10-14(20)11-16(18)21/h2-7,10-11H,8-9H2,1H3,(H,22,23)(H,24,25). The van der Waals surface area contributed by atoms with Gasteiger partial charge in [0.05, 0.1) is 0 Å². The molecule has 0 fully saturated rings. The molecule has 4 nitrogen and oxygen atoms in total. The second-order valence-corrected chi connectivity index (χ2v) is 5.69. The maximum Gasteiger partial charge on any atom is 0.251 e. The first-order valence-corrected chi connectivity index (χ1v) is 7.87. The van der Waals surface area contributed by atoms with E-state index in [0.717, 1.165) is 11.6 Å². The molecule has 0 unspecified atom stereocenters. The lowest BCUT2D eigenvalue weighted by Gasteiger charge is -2.11. The van der Waals surface area contributed by atoms with Crippen LogP contribution in [0.5, 0.6) is 0 Å². The van der Waals surface area contributed by atoms with E-state index in [0.29, 0.717) is 29.7 Å². The lowest BCUT2D eigenvalue weighted by atomic mass is 10.1. The fraction of sp³-hybridized carbons (Fsp3) is 0.158. The Labute approximate surface area is 143 Å². The number of hydrogen-bond acceptors (Lipinski definition) is 3. The largest absolute Gasteiger partial charge is 0.383 e. The number of fused-ring (bicyclic) bond motifs is 1. The predicted molar refractivity (Wildman–Crippen MR) is 93.7 cm³/mol. The third-order valence-electron chi connectivity index (χ3n) is 3.80. The summed E-state index contributed by atoms with van der Waals surface area (Å²) in [7, 11) is 0. The van der Waals surface area contributed by atoms with Gasteiger partial charge in [-0.2, -0.15) is 0 Å². The monoisotopic (exact) mass is 341 g/mol. The van der Waals surface area contributed by atoms with Gasteiger partial charge in [0, 0.05) is 42.0 Å². The first-order valence-electron chi connectivity index (χ1n) is 7.87. The SMILES string of the molecule is Cc1ccc(C(=O)NCCNc2ccnc3c(F)cc(F)cc23)cc1. The Balaban J connectivity index is 1.62. The number of rotatable bonds is 5. The molecular weight excluding hydrogens is 324 g/mol. The molecule has 0 aliphatic carbocycles. The maximum atomic E-state index is 13.8. The number of pyridine rings is 1. The quantitative estimate of drug-likeness (QED) is 0.696. The van der Waals surface area contributed by atoms with E-state index in [1.807, 2.05) is 19.1 Å². The van der Waals surface area contributed by atoms with E-state index >= 15 is 0 Å². The van der Waals surface area contributed by atoms with E-state index < -0.39 is 11.6 Å². The molecule has 1 heterocycles. The van der Waals surface area contributed by atoms with Crippen molar-refractivity contribution in [3.8, 4) is 0 Å². The fourth-order valence-electron chi connectivity index (χ4n) is 2.51. The van der Waals surface area contributed by atoms with Crippen molar-refractivity contribution in [1.82, 2.24) is 10.3 Å². The third-order valence-corrected chi connectivity index (χ3v) is 3.80. The number of halogens is 2. The molecular formula is C19H17F2N3O. The lowest BCUT2D eigenvalue weighted by molar-refractivity contribution is 0.0955. The van der Waals surface area contributed by atoms with Crippen molar-refractivity contribution in [1.29, 1.82) is 0 Å². The van der Waals surface area contributed by atoms with Crippen LogP contribution >= 0.6 is 0 Å². The highest BCUT2D eigenvalue weighted by molar-refractivity contribution is 5.94. The minimum Gasteiger partial charge on any atom is -0.383 e. The zero-order valence-corrected chi connectivity index (χ0v) is 13.6. The molecule has 0 aliphatic rings. The molecule has 2 aromatic carbocycles. The molecule has 0 bridgehead atoms. The van der Waals surface area contributed by atoms with Crippen LogP contribution in [-0.4, -0.2) is 24.0 Å². The molecule has 0 saturated carbocycles. The summed E-state index contributed by atoms with van der Waals surface area (Å²) in [6, 6.07) is 11.0. The molecule has 0 atom stereocenters. The molecule has 6 heteroatoms. The summed E-state index contributed by atoms with van der Waals surface area (Å²) in [5.41, 5.74) is 2.34. The Morgan fingerprint density at radius 3 is 2.60 bits per heavy atom. The highest BCUT2D eigenvalue weighted by atomic mass is 19.1. The Bertz CT molecular complexity index is 910. The van der Waals surface area contributed by atoms with Crippen LogP contribution < -0.4 is 10.6 Å². The van der Waals surface area contributed by atoms with Crippen LogP contribution in [0.25, 0.3) is 10.9 Å². The van der Waals surface area contributed by atoms with Crippen molar-refractivity contribution < 1.29 is 13.6 Å². The first-order chi connectivity index (χ1) is 12.0. The van der Waals surface area contributed by atoms with Crippen LogP contribution in [0.15, 0.2) is 48.7 Å². The van der Waals surface area contributed by atoms with Crippen molar-refractivity contribution >= 4 is 22.5 Å². The molecule has 3 rings (SSSR count). The van der Waals surface area contributed by atoms with Gasteiger partial charge >= 0.3 is 0 Å². The lowest BCUT2D eigenvalue weighted by Crippen LogP contribution is -2.28. The van der Waals surface area contributed by atoms with Gasteiger partial charge in [-0.1, -0.05) is 17.7 Å². The number of amides is 1. The molecule has 1 amide bonds. The molecule has 2 N–H and O–H groups in total. The molecule has 0 aliphatic heterocycles. The summed E-state index contributed by atoms with van der Waals surface area (Å²) in [4.78, 5) is 16.0. The summed E-state index contributed by atoms with van der Waals surface area (Å²) in [5, 5.41) is 6.23. The Hall–Kier alpha value is -3.02. The van der Waals surface area contributed by atoms with Crippen molar-refractivity contribution in [2.24, 2.45) is 0 Å². The average Bonchev–Trinajstić information content (AvgIpc) is 2.59. The molecule has 25 heavy (non-hydrogen) atoms. The van der Waals surface area contributed by atoms with Gasteiger partial charge in [0.2, 0.25) is 0 Å². The van der Waals surface area contributed by atoms with Gasteiger partial charge in [0.1, 0.15) is 11.3 Å². The predicted octanol–water partition coefficient (Wildman–Crippen LogP) is 3.66. The molecule has 0 saturated heterocycles. The third kappa shape index (κ3) is 3.91. The van der Waals surface area contributed by atoms with E-state index in [-0.39, 0.29) is 11.4 Å². The van der Waals surface area contributed by atoms with Crippen LogP contribution in [-0.2, 0) is 0 Å². The van der Waals surface area contributed by atoms with Gasteiger partial charge in [-0.3, -0.25) is 9.78 Å². The summed E-state index contributed by atoms with van der Waals surface area (Å²) in [5.74, 6) is -1.53. The van der Waals surface area contributed by atoms with Gasteiger partial charge < -0.3 is 10.6 Å². The van der Waals surface area contributed by atoms with Crippen molar-refractivity contribution in [2.45, 2.75) is 6.92 Å². The summed E-state index contributed by atoms with van der Waals surface area (Å²) in [6.45, 7) is 2.74. The average molecular weight is 341 g/mol. The number of benzene rings is 2. The van der Waals surface area contributed by atoms with Crippen LogP contribution in [0.4, 0.5) is 14.5 Å². The van der Waals surface area contributed by atoms with Crippen LogP contribution in [0, 0.1) is 18.6 Å². The van der Waals surface area contributed by atoms with Gasteiger partial charge in [-0.25, -0.2) is 8.78 Å². The highest BCUT2D eigenvalue weighted by Gasteiger charge is 2.09. The number of aryl methyl sites for hydroxylation is 1. The zero-order valence-electron chi connectivity index (χ0n) is 13.6. The number of nitrogens with zero attached hydrogens (tertiary/aromatic N) is 1. The maximum absolute atomic E-state index is 13.8. The Morgan fingerprint density at radius 1 is 1.08 bits per heavy atom. The summed E-state index contributed by atoms with van der Waals surface area (Å²) in [6.07, 6.45) is 1.45. The smallest absolute Gasteiger partial charge is 0.251 e. The number of hydrogen-bond donors (Lipinski definition) is 2. The fourth-order valence-corrected chi connectivity index (χ4v) is 2.51. The minimum absolute atomic E-state index is 0.107. The van der Waals surface area contributed by atoms with Gasteiger partial charge in [-0.05, 0) is 31.2 Å². The molecule has 1 aromatic heterocycles. The van der Waals surface area contributed by atoms with Crippen molar-refractivity contribution in [2.75, 3.05) is 18.4 Å². The van der Waals surface area contributed by atoms with E-state index in [2.05, 4.69) is 15.6 Å². The van der Waals surface area contributed by atoms with Gasteiger partial charge in [-0.15, -0.1) is 0 Å². The number of nitrogens with one attached hydrogen (secondary N) is 2. The minimum atomic E-state index is -0.702. The number of aromatic nitrogens is 1. The van der Waals surface area contributed by atoms with Crippen molar-refractivity contribution in [3.63, 3.8) is 0 Å². The normalized spacial score (nSPS) is 10.7. The first kappa shape index (κ1) is 16.8. The van der Waals surface area contributed by atoms with E-state index in [1.54, 1.807) is 18.2 Å². The second kappa shape index (κ2) is 7.25. The van der Waals surface area contributed by atoms with E-state index in [1.165, 1.54) is 12.3 Å². The number of anilines is 1. The van der Waals surface area contributed by atoms with E-state index in [4.69, 9.17) is 0 Å². The van der Waals surface area contributed by atoms with E-state index in [9.17, 15) is 13.6 Å². The van der Waals surface area contributed by atoms with Crippen LogP contribution in [0.3, 0.4) is 0 Å². The zero-order chi connectivity index (χ0) is 17.8. The Morgan fingerprint density at radius 2 is 1.84 bits per heavy atom. The number of carbonyl (C=O) groups excluding carboxylic acids is 1. The Kier molecular flexibility index (Phi) is 4.88. The van der Waals surface area contributed by atoms with Gasteiger partial charge in [0.15, 0.2) is 5.82 Å². The highest BCUT2D eigenvalue weighted by Crippen LogP contribution is 2.24. The number of carbonyl (C=O) groups is 1. The van der Waals surface area contributed by atoms with Crippen molar-refractivity contribution in [3.05, 3.63) is 71.4 Å². The molecule has 128 valence electrons. The van der Waals surface area contributed by atoms with Gasteiger partial charge in [0.25, 0.3) is 5.91 Å². The summed E-state index contributed by atoms with van der Waals surface area (Å²) >= 11 is 0. The summed E-state index contributed by atoms with van der Waals surface area (Å²) < 4.78 is 27.2. The van der Waals surface area contributed by atoms with Crippen LogP contribution in [0.1, 0.15) is 15.9 Å². The second-order valence-electron chi connectivity index (χ2n) is 5.69. The molecule has 3 aromatic rings. The van der Waals surface area contributed by atoms with Crippen LogP contribution in [0.2, 0.25) is 0 Å². The topological polar surface area (TPSA) is 54.0 Å². The molecule has 0 spiro atoms. The molecule has 0 radical (unpaired) electrons.